The molecule has 1 aromatic rings. The van der Waals surface area contributed by atoms with Gasteiger partial charge in [-0.05, 0) is 25.1 Å². The Morgan fingerprint density at radius 2 is 2.10 bits per heavy atom. The van der Waals surface area contributed by atoms with Crippen molar-refractivity contribution >= 4 is 17.6 Å². The number of amidine groups is 1. The summed E-state index contributed by atoms with van der Waals surface area (Å²) in [5, 5.41) is 13.7. The van der Waals surface area contributed by atoms with Gasteiger partial charge in [0.15, 0.2) is 5.84 Å². The van der Waals surface area contributed by atoms with Crippen LogP contribution >= 0.6 is 0 Å². The summed E-state index contributed by atoms with van der Waals surface area (Å²) in [5.41, 5.74) is 4.19. The van der Waals surface area contributed by atoms with Crippen LogP contribution in [0.1, 0.15) is 18.1 Å². The van der Waals surface area contributed by atoms with Gasteiger partial charge >= 0.3 is 12.2 Å². The molecule has 1 aromatic carbocycles. The summed E-state index contributed by atoms with van der Waals surface area (Å²) in [5.74, 6) is -0.532. The predicted octanol–water partition coefficient (Wildman–Crippen LogP) is 2.28. The van der Waals surface area contributed by atoms with E-state index in [-0.39, 0.29) is 11.3 Å². The Bertz CT molecular complexity index is 558. The van der Waals surface area contributed by atoms with E-state index in [4.69, 9.17) is 10.9 Å². The van der Waals surface area contributed by atoms with E-state index in [9.17, 15) is 18.0 Å². The largest absolute Gasteiger partial charge is 0.416 e. The quantitative estimate of drug-likeness (QED) is 0.346. The van der Waals surface area contributed by atoms with Crippen LogP contribution in [0.25, 0.3) is 0 Å². The number of nitrogens with one attached hydrogen (secondary N) is 1. The molecule has 0 saturated carbocycles. The van der Waals surface area contributed by atoms with Gasteiger partial charge in [-0.15, -0.1) is 0 Å². The van der Waals surface area contributed by atoms with Crippen molar-refractivity contribution in [1.82, 2.24) is 4.90 Å². The molecular formula is C12H15F3N4O2. The molecule has 4 N–H and O–H groups in total. The van der Waals surface area contributed by atoms with Crippen LogP contribution in [-0.2, 0) is 6.18 Å². The van der Waals surface area contributed by atoms with Gasteiger partial charge in [0.25, 0.3) is 0 Å². The first kappa shape index (κ1) is 16.6. The number of amides is 2. The number of carbonyl (C=O) groups is 1. The van der Waals surface area contributed by atoms with Crippen molar-refractivity contribution in [3.63, 3.8) is 0 Å². The Balaban J connectivity index is 3.23. The molecule has 0 aromatic heterocycles. The third-order valence-electron chi connectivity index (χ3n) is 2.79. The molecule has 0 aliphatic carbocycles. The molecule has 1 rings (SSSR count). The zero-order chi connectivity index (χ0) is 16.2. The molecule has 0 aliphatic rings. The lowest BCUT2D eigenvalue weighted by atomic mass is 10.1. The average molecular weight is 304 g/mol. The summed E-state index contributed by atoms with van der Waals surface area (Å²) < 4.78 is 38.0. The maximum atomic E-state index is 12.7. The maximum absolute atomic E-state index is 12.7. The first-order valence-electron chi connectivity index (χ1n) is 5.92. The summed E-state index contributed by atoms with van der Waals surface area (Å²) in [4.78, 5) is 13.1. The molecule has 9 heteroatoms. The molecule has 6 nitrogen and oxygen atoms in total. The molecular weight excluding hydrogens is 289 g/mol. The molecule has 0 unspecified atom stereocenters. The Morgan fingerprint density at radius 1 is 1.48 bits per heavy atom. The van der Waals surface area contributed by atoms with Crippen LogP contribution in [-0.4, -0.2) is 35.6 Å². The molecule has 0 saturated heterocycles. The Kier molecular flexibility index (Phi) is 5.01. The number of hydrogen-bond acceptors (Lipinski definition) is 3. The normalized spacial score (nSPS) is 12.1. The fraction of sp³-hybridized carbons (Fsp3) is 0.333. The first-order valence-corrected chi connectivity index (χ1v) is 5.92. The number of oxime groups is 1. The van der Waals surface area contributed by atoms with E-state index in [1.165, 1.54) is 11.9 Å². The number of carbonyl (C=O) groups excluding carboxylic acids is 1. The summed E-state index contributed by atoms with van der Waals surface area (Å²) in [6, 6.07) is 2.04. The average Bonchev–Trinajstić information content (AvgIpc) is 2.44. The SMILES string of the molecule is CCN(C)C(=O)Nc1ccc(C(F)(F)F)cc1/C(N)=N/O. The van der Waals surface area contributed by atoms with E-state index in [1.807, 2.05) is 0 Å². The number of halogens is 3. The number of hydrogen-bond donors (Lipinski definition) is 3. The molecule has 2 amide bonds. The predicted molar refractivity (Wildman–Crippen MR) is 71.3 cm³/mol. The molecule has 0 fully saturated rings. The van der Waals surface area contributed by atoms with Crippen molar-refractivity contribution in [2.45, 2.75) is 13.1 Å². The van der Waals surface area contributed by atoms with E-state index in [0.717, 1.165) is 12.1 Å². The van der Waals surface area contributed by atoms with Gasteiger partial charge in [-0.2, -0.15) is 13.2 Å². The van der Waals surface area contributed by atoms with Crippen molar-refractivity contribution in [1.29, 1.82) is 0 Å². The zero-order valence-corrected chi connectivity index (χ0v) is 11.4. The van der Waals surface area contributed by atoms with Crippen LogP contribution in [0.2, 0.25) is 0 Å². The van der Waals surface area contributed by atoms with Gasteiger partial charge in [-0.3, -0.25) is 0 Å². The second-order valence-corrected chi connectivity index (χ2v) is 4.19. The second kappa shape index (κ2) is 6.33. The highest BCUT2D eigenvalue weighted by Gasteiger charge is 2.31. The fourth-order valence-corrected chi connectivity index (χ4v) is 1.45. The third kappa shape index (κ3) is 4.01. The van der Waals surface area contributed by atoms with Gasteiger partial charge < -0.3 is 21.2 Å². The minimum Gasteiger partial charge on any atom is -0.409 e. The molecule has 116 valence electrons. The standard InChI is InChI=1S/C12H15F3N4O2/c1-3-19(2)11(20)17-9-5-4-7(12(13,14)15)6-8(9)10(16)18-21/h4-6,21H,3H2,1-2H3,(H2,16,18)(H,17,20). The Morgan fingerprint density at radius 3 is 2.57 bits per heavy atom. The van der Waals surface area contributed by atoms with Gasteiger partial charge in [0.05, 0.1) is 11.3 Å². The molecule has 0 heterocycles. The van der Waals surface area contributed by atoms with Gasteiger partial charge in [0.1, 0.15) is 0 Å². The van der Waals surface area contributed by atoms with E-state index < -0.39 is 23.6 Å². The molecule has 0 spiro atoms. The second-order valence-electron chi connectivity index (χ2n) is 4.19. The van der Waals surface area contributed by atoms with Crippen molar-refractivity contribution in [3.05, 3.63) is 29.3 Å². The summed E-state index contributed by atoms with van der Waals surface area (Å²) in [6.07, 6.45) is -4.58. The summed E-state index contributed by atoms with van der Waals surface area (Å²) in [6.45, 7) is 2.14. The topological polar surface area (TPSA) is 91.0 Å². The minimum absolute atomic E-state index is 0.0172. The van der Waals surface area contributed by atoms with Gasteiger partial charge in [0, 0.05) is 19.2 Å². The lowest BCUT2D eigenvalue weighted by Crippen LogP contribution is -2.32. The highest BCUT2D eigenvalue weighted by Crippen LogP contribution is 2.31. The van der Waals surface area contributed by atoms with Gasteiger partial charge in [-0.1, -0.05) is 5.16 Å². The number of benzene rings is 1. The lowest BCUT2D eigenvalue weighted by Gasteiger charge is -2.18. The maximum Gasteiger partial charge on any atom is 0.416 e. The number of urea groups is 1. The fourth-order valence-electron chi connectivity index (χ4n) is 1.45. The van der Waals surface area contributed by atoms with E-state index in [1.54, 1.807) is 6.92 Å². The molecule has 0 bridgehead atoms. The summed E-state index contributed by atoms with van der Waals surface area (Å²) in [7, 11) is 1.52. The van der Waals surface area contributed by atoms with Crippen LogP contribution in [0.4, 0.5) is 23.7 Å². The van der Waals surface area contributed by atoms with E-state index in [2.05, 4.69) is 10.5 Å². The molecule has 0 atom stereocenters. The number of anilines is 1. The van der Waals surface area contributed by atoms with Gasteiger partial charge in [0.2, 0.25) is 0 Å². The summed E-state index contributed by atoms with van der Waals surface area (Å²) >= 11 is 0. The molecule has 21 heavy (non-hydrogen) atoms. The van der Waals surface area contributed by atoms with Crippen LogP contribution in [0.15, 0.2) is 23.4 Å². The smallest absolute Gasteiger partial charge is 0.409 e. The van der Waals surface area contributed by atoms with Crippen LogP contribution < -0.4 is 11.1 Å². The van der Waals surface area contributed by atoms with Crippen molar-refractivity contribution in [2.24, 2.45) is 10.9 Å². The zero-order valence-electron chi connectivity index (χ0n) is 11.4. The van der Waals surface area contributed by atoms with E-state index in [0.29, 0.717) is 12.6 Å². The molecule has 0 aliphatic heterocycles. The highest BCUT2D eigenvalue weighted by atomic mass is 19.4. The van der Waals surface area contributed by atoms with Crippen LogP contribution in [0.5, 0.6) is 0 Å². The number of rotatable bonds is 3. The minimum atomic E-state index is -4.58. The first-order chi connectivity index (χ1) is 9.70. The van der Waals surface area contributed by atoms with Crippen LogP contribution in [0, 0.1) is 0 Å². The van der Waals surface area contributed by atoms with Crippen molar-refractivity contribution in [2.75, 3.05) is 18.9 Å². The molecule has 0 radical (unpaired) electrons. The van der Waals surface area contributed by atoms with Gasteiger partial charge in [-0.25, -0.2) is 4.79 Å². The van der Waals surface area contributed by atoms with Crippen molar-refractivity contribution < 1.29 is 23.2 Å². The Labute approximate surface area is 119 Å². The highest BCUT2D eigenvalue weighted by molar-refractivity contribution is 6.05. The van der Waals surface area contributed by atoms with Crippen molar-refractivity contribution in [3.8, 4) is 0 Å². The number of nitrogens with zero attached hydrogens (tertiary/aromatic N) is 2. The van der Waals surface area contributed by atoms with Crippen LogP contribution in [0.3, 0.4) is 0 Å². The number of alkyl halides is 3. The van der Waals surface area contributed by atoms with E-state index >= 15 is 0 Å². The number of nitrogens with two attached hydrogens (primary N) is 1. The monoisotopic (exact) mass is 304 g/mol. The Hall–Kier alpha value is -2.45. The third-order valence-corrected chi connectivity index (χ3v) is 2.79. The lowest BCUT2D eigenvalue weighted by molar-refractivity contribution is -0.137.